The number of aliphatic hydroxyl groups is 1. The van der Waals surface area contributed by atoms with Crippen LogP contribution in [0.1, 0.15) is 53.1 Å². The Hall–Kier alpha value is -1.89. The quantitative estimate of drug-likeness (QED) is 0.744. The third kappa shape index (κ3) is 2.73. The topological polar surface area (TPSA) is 96.2 Å². The van der Waals surface area contributed by atoms with E-state index in [0.29, 0.717) is 18.2 Å². The number of aromatic nitrogens is 2. The van der Waals surface area contributed by atoms with Crippen molar-refractivity contribution in [1.29, 1.82) is 0 Å². The van der Waals surface area contributed by atoms with Crippen LogP contribution in [0.5, 0.6) is 0 Å². The molecule has 7 heteroatoms. The van der Waals surface area contributed by atoms with Crippen molar-refractivity contribution in [3.63, 3.8) is 0 Å². The van der Waals surface area contributed by atoms with Crippen molar-refractivity contribution in [3.8, 4) is 0 Å². The van der Waals surface area contributed by atoms with Crippen molar-refractivity contribution in [3.05, 3.63) is 17.5 Å². The van der Waals surface area contributed by atoms with Crippen LogP contribution < -0.4 is 10.6 Å². The minimum Gasteiger partial charge on any atom is -0.389 e. The summed E-state index contributed by atoms with van der Waals surface area (Å²) in [5.74, 6) is 3.47. The number of carbonyl (C=O) groups excluding carboxylic acids is 2. The molecule has 0 radical (unpaired) electrons. The SMILES string of the molecule is O=C(NCC1C2CC3CC(C2)CC1C3)c1cc2n(n1)C[C@H](O)CNC2=O. The van der Waals surface area contributed by atoms with Crippen LogP contribution in [0.25, 0.3) is 0 Å². The van der Waals surface area contributed by atoms with Gasteiger partial charge in [0.25, 0.3) is 11.8 Å². The second-order valence-corrected chi connectivity index (χ2v) is 8.77. The summed E-state index contributed by atoms with van der Waals surface area (Å²) in [6.07, 6.45) is 6.09. The predicted octanol–water partition coefficient (Wildman–Crippen LogP) is 0.789. The summed E-state index contributed by atoms with van der Waals surface area (Å²) in [7, 11) is 0. The lowest BCUT2D eigenvalue weighted by Crippen LogP contribution is -2.49. The van der Waals surface area contributed by atoms with Crippen LogP contribution in [0.3, 0.4) is 0 Å². The van der Waals surface area contributed by atoms with Crippen molar-refractivity contribution in [1.82, 2.24) is 20.4 Å². The lowest BCUT2D eigenvalue weighted by molar-refractivity contribution is -0.0347. The van der Waals surface area contributed by atoms with E-state index in [4.69, 9.17) is 0 Å². The zero-order valence-electron chi connectivity index (χ0n) is 14.9. The number of amides is 2. The Labute approximate surface area is 152 Å². The lowest BCUT2D eigenvalue weighted by Gasteiger charge is -2.54. The van der Waals surface area contributed by atoms with Gasteiger partial charge in [0.05, 0.1) is 12.6 Å². The van der Waals surface area contributed by atoms with Gasteiger partial charge in [-0.3, -0.25) is 14.3 Å². The molecule has 2 heterocycles. The maximum absolute atomic E-state index is 12.6. The monoisotopic (exact) mass is 358 g/mol. The van der Waals surface area contributed by atoms with E-state index in [2.05, 4.69) is 15.7 Å². The van der Waals surface area contributed by atoms with Gasteiger partial charge >= 0.3 is 0 Å². The van der Waals surface area contributed by atoms with E-state index in [1.54, 1.807) is 0 Å². The van der Waals surface area contributed by atoms with E-state index in [1.807, 2.05) is 0 Å². The zero-order valence-corrected chi connectivity index (χ0v) is 14.9. The zero-order chi connectivity index (χ0) is 17.8. The van der Waals surface area contributed by atoms with Gasteiger partial charge in [-0.05, 0) is 61.7 Å². The highest BCUT2D eigenvalue weighted by Crippen LogP contribution is 2.56. The lowest BCUT2D eigenvalue weighted by atomic mass is 9.52. The summed E-state index contributed by atoms with van der Waals surface area (Å²) in [5, 5.41) is 19.8. The summed E-state index contributed by atoms with van der Waals surface area (Å²) in [5.41, 5.74) is 0.592. The molecule has 1 atom stereocenters. The highest BCUT2D eigenvalue weighted by atomic mass is 16.3. The molecule has 3 N–H and O–H groups in total. The van der Waals surface area contributed by atoms with Gasteiger partial charge in [0.1, 0.15) is 5.69 Å². The summed E-state index contributed by atoms with van der Waals surface area (Å²) in [4.78, 5) is 24.6. The van der Waals surface area contributed by atoms with Crippen LogP contribution in [0.15, 0.2) is 6.07 Å². The van der Waals surface area contributed by atoms with Crippen LogP contribution in [0, 0.1) is 29.6 Å². The first kappa shape index (κ1) is 16.3. The average molecular weight is 358 g/mol. The molecule has 4 aliphatic carbocycles. The van der Waals surface area contributed by atoms with Gasteiger partial charge in [0.15, 0.2) is 5.69 Å². The number of aliphatic hydroxyl groups excluding tert-OH is 1. The van der Waals surface area contributed by atoms with Gasteiger partial charge in [-0.25, -0.2) is 0 Å². The normalized spacial score (nSPS) is 37.8. The van der Waals surface area contributed by atoms with Crippen LogP contribution >= 0.6 is 0 Å². The second kappa shape index (κ2) is 6.08. The van der Waals surface area contributed by atoms with Gasteiger partial charge < -0.3 is 15.7 Å². The summed E-state index contributed by atoms with van der Waals surface area (Å²) in [6, 6.07) is 1.53. The molecule has 4 fully saturated rings. The van der Waals surface area contributed by atoms with Gasteiger partial charge in [0, 0.05) is 19.2 Å². The highest BCUT2D eigenvalue weighted by Gasteiger charge is 2.48. The number of hydrogen-bond acceptors (Lipinski definition) is 4. The molecule has 2 amide bonds. The van der Waals surface area contributed by atoms with Crippen molar-refractivity contribution in [2.24, 2.45) is 29.6 Å². The van der Waals surface area contributed by atoms with Crippen molar-refractivity contribution < 1.29 is 14.7 Å². The number of carbonyl (C=O) groups is 2. The van der Waals surface area contributed by atoms with Gasteiger partial charge in [-0.1, -0.05) is 0 Å². The summed E-state index contributed by atoms with van der Waals surface area (Å²) in [6.45, 7) is 1.14. The van der Waals surface area contributed by atoms with Crippen molar-refractivity contribution in [2.75, 3.05) is 13.1 Å². The van der Waals surface area contributed by atoms with Crippen molar-refractivity contribution >= 4 is 11.8 Å². The molecule has 0 spiro atoms. The van der Waals surface area contributed by atoms with E-state index in [-0.39, 0.29) is 30.6 Å². The molecule has 0 unspecified atom stereocenters. The van der Waals surface area contributed by atoms with Crippen LogP contribution in [0.2, 0.25) is 0 Å². The first-order chi connectivity index (χ1) is 12.6. The molecular formula is C19H26N4O3. The summed E-state index contributed by atoms with van der Waals surface area (Å²) >= 11 is 0. The molecule has 0 saturated heterocycles. The predicted molar refractivity (Wildman–Crippen MR) is 93.4 cm³/mol. The fraction of sp³-hybridized carbons (Fsp3) is 0.737. The minimum atomic E-state index is -0.691. The first-order valence-corrected chi connectivity index (χ1v) is 9.89. The van der Waals surface area contributed by atoms with E-state index in [9.17, 15) is 14.7 Å². The third-order valence-corrected chi connectivity index (χ3v) is 7.05. The number of β-amino-alcohol motifs (C(OH)–C–C–N with tert-alkyl or cyclic N) is 1. The number of nitrogens with one attached hydrogen (secondary N) is 2. The van der Waals surface area contributed by atoms with E-state index in [1.165, 1.54) is 42.9 Å². The molecule has 7 nitrogen and oxygen atoms in total. The van der Waals surface area contributed by atoms with Gasteiger partial charge in [0.2, 0.25) is 0 Å². The Kier molecular flexibility index (Phi) is 3.81. The molecule has 1 aromatic heterocycles. The molecule has 26 heavy (non-hydrogen) atoms. The van der Waals surface area contributed by atoms with Crippen LogP contribution in [-0.4, -0.2) is 45.9 Å². The Balaban J connectivity index is 1.26. The average Bonchev–Trinajstić information content (AvgIpc) is 2.97. The number of nitrogens with zero attached hydrogens (tertiary/aromatic N) is 2. The molecule has 140 valence electrons. The van der Waals surface area contributed by atoms with E-state index < -0.39 is 6.10 Å². The molecular weight excluding hydrogens is 332 g/mol. The molecule has 1 aromatic rings. The van der Waals surface area contributed by atoms with Gasteiger partial charge in [-0.15, -0.1) is 0 Å². The molecule has 0 aromatic carbocycles. The Bertz CT molecular complexity index is 715. The fourth-order valence-corrected chi connectivity index (χ4v) is 6.09. The number of rotatable bonds is 3. The molecule has 1 aliphatic heterocycles. The molecule has 4 saturated carbocycles. The highest BCUT2D eigenvalue weighted by molar-refractivity contribution is 5.98. The maximum Gasteiger partial charge on any atom is 0.271 e. The van der Waals surface area contributed by atoms with Crippen molar-refractivity contribution in [2.45, 2.75) is 44.8 Å². The number of fused-ring (bicyclic) bond motifs is 1. The maximum atomic E-state index is 12.6. The minimum absolute atomic E-state index is 0.205. The molecule has 4 bridgehead atoms. The molecule has 5 aliphatic rings. The Morgan fingerprint density at radius 1 is 1.23 bits per heavy atom. The standard InChI is InChI=1S/C19H26N4O3/c24-14-7-20-19(26)17-6-16(22-23(17)9-14)18(25)21-8-15-12-2-10-1-11(4-12)5-13(15)3-10/h6,10-15,24H,1-5,7-9H2,(H,20,26)(H,21,25)/t10?,11?,12?,13?,14-,15?/m1/s1. The van der Waals surface area contributed by atoms with Gasteiger partial charge in [-0.2, -0.15) is 5.10 Å². The van der Waals surface area contributed by atoms with Crippen LogP contribution in [0.4, 0.5) is 0 Å². The smallest absolute Gasteiger partial charge is 0.271 e. The van der Waals surface area contributed by atoms with E-state index >= 15 is 0 Å². The second-order valence-electron chi connectivity index (χ2n) is 8.77. The molecule has 6 rings (SSSR count). The largest absolute Gasteiger partial charge is 0.389 e. The number of hydrogen-bond donors (Lipinski definition) is 3. The summed E-state index contributed by atoms with van der Waals surface area (Å²) < 4.78 is 1.44. The Morgan fingerprint density at radius 3 is 2.62 bits per heavy atom. The van der Waals surface area contributed by atoms with E-state index in [0.717, 1.165) is 23.7 Å². The third-order valence-electron chi connectivity index (χ3n) is 7.05. The van der Waals surface area contributed by atoms with Crippen LogP contribution in [-0.2, 0) is 6.54 Å². The fourth-order valence-electron chi connectivity index (χ4n) is 6.09. The Morgan fingerprint density at radius 2 is 1.92 bits per heavy atom. The first-order valence-electron chi connectivity index (χ1n) is 9.89.